The Morgan fingerprint density at radius 3 is 2.46 bits per heavy atom. The lowest BCUT2D eigenvalue weighted by Crippen LogP contribution is -2.00. The van der Waals surface area contributed by atoms with Crippen molar-refractivity contribution in [2.24, 2.45) is 0 Å². The monoisotopic (exact) mass is 382 g/mol. The van der Waals surface area contributed by atoms with Gasteiger partial charge < -0.3 is 0 Å². The van der Waals surface area contributed by atoms with Crippen molar-refractivity contribution in [1.82, 2.24) is 14.8 Å². The number of thioether (sulfide) groups is 1. The van der Waals surface area contributed by atoms with Crippen molar-refractivity contribution in [2.75, 3.05) is 5.75 Å². The molecule has 0 saturated carbocycles. The first-order chi connectivity index (χ1) is 12.7. The number of nitriles is 1. The minimum absolute atomic E-state index is 0.596. The average Bonchev–Trinajstić information content (AvgIpc) is 3.07. The van der Waals surface area contributed by atoms with E-state index in [0.717, 1.165) is 40.8 Å². The second-order valence-corrected chi connectivity index (χ2v) is 7.45. The van der Waals surface area contributed by atoms with Gasteiger partial charge in [0.15, 0.2) is 11.0 Å². The van der Waals surface area contributed by atoms with Crippen molar-refractivity contribution in [3.8, 4) is 23.1 Å². The maximum Gasteiger partial charge on any atom is 0.196 e. The number of nitrogens with zero attached hydrogens (tertiary/aromatic N) is 4. The van der Waals surface area contributed by atoms with Crippen LogP contribution in [0.25, 0.3) is 17.1 Å². The number of halogens is 1. The molecule has 0 atom stereocenters. The fraction of sp³-hybridized carbons (Fsp3) is 0.250. The molecule has 0 aliphatic heterocycles. The fourth-order valence-corrected chi connectivity index (χ4v) is 3.62. The van der Waals surface area contributed by atoms with Gasteiger partial charge in [-0.3, -0.25) is 4.57 Å². The van der Waals surface area contributed by atoms with E-state index in [1.54, 1.807) is 11.8 Å². The first-order valence-corrected chi connectivity index (χ1v) is 9.83. The number of rotatable bonds is 7. The Morgan fingerprint density at radius 1 is 1.04 bits per heavy atom. The highest BCUT2D eigenvalue weighted by Gasteiger charge is 2.16. The van der Waals surface area contributed by atoms with Crippen molar-refractivity contribution < 1.29 is 0 Å². The predicted octanol–water partition coefficient (Wildman–Crippen LogP) is 5.68. The number of aryl methyl sites for hydroxylation is 1. The van der Waals surface area contributed by atoms with Crippen LogP contribution in [0.5, 0.6) is 0 Å². The van der Waals surface area contributed by atoms with Crippen LogP contribution in [0.1, 0.15) is 24.8 Å². The molecule has 1 heterocycles. The third-order valence-corrected chi connectivity index (χ3v) is 5.21. The third-order valence-electron chi connectivity index (χ3n) is 3.94. The summed E-state index contributed by atoms with van der Waals surface area (Å²) in [6, 6.07) is 18.2. The summed E-state index contributed by atoms with van der Waals surface area (Å²) in [7, 11) is 0. The minimum Gasteiger partial charge on any atom is -0.270 e. The van der Waals surface area contributed by atoms with E-state index >= 15 is 0 Å². The second-order valence-electron chi connectivity index (χ2n) is 5.95. The molecule has 0 amide bonds. The quantitative estimate of drug-likeness (QED) is 0.389. The average molecular weight is 383 g/mol. The lowest BCUT2D eigenvalue weighted by molar-refractivity contribution is 0.823. The first-order valence-electron chi connectivity index (χ1n) is 8.47. The van der Waals surface area contributed by atoms with Gasteiger partial charge in [0, 0.05) is 28.4 Å². The smallest absolute Gasteiger partial charge is 0.196 e. The van der Waals surface area contributed by atoms with E-state index in [4.69, 9.17) is 16.9 Å². The Balaban J connectivity index is 1.93. The molecule has 0 aliphatic rings. The Hall–Kier alpha value is -2.29. The lowest BCUT2D eigenvalue weighted by Gasteiger charge is -2.10. The molecule has 0 aliphatic carbocycles. The van der Waals surface area contributed by atoms with Gasteiger partial charge in [-0.25, -0.2) is 0 Å². The third kappa shape index (κ3) is 4.46. The number of aromatic nitrogens is 3. The molecular weight excluding hydrogens is 364 g/mol. The van der Waals surface area contributed by atoms with Gasteiger partial charge in [0.2, 0.25) is 0 Å². The maximum absolute atomic E-state index is 8.65. The van der Waals surface area contributed by atoms with Gasteiger partial charge in [0.05, 0.1) is 6.07 Å². The van der Waals surface area contributed by atoms with Gasteiger partial charge in [0.1, 0.15) is 0 Å². The molecule has 0 bridgehead atoms. The topological polar surface area (TPSA) is 54.5 Å². The fourth-order valence-electron chi connectivity index (χ4n) is 2.55. The summed E-state index contributed by atoms with van der Waals surface area (Å²) < 4.78 is 2.07. The minimum atomic E-state index is 0.596. The summed E-state index contributed by atoms with van der Waals surface area (Å²) in [6.45, 7) is 2.07. The Bertz CT molecular complexity index is 895. The lowest BCUT2D eigenvalue weighted by atomic mass is 10.1. The van der Waals surface area contributed by atoms with Gasteiger partial charge in [0.25, 0.3) is 0 Å². The van der Waals surface area contributed by atoms with E-state index in [-0.39, 0.29) is 0 Å². The van der Waals surface area contributed by atoms with Gasteiger partial charge in [-0.1, -0.05) is 53.2 Å². The maximum atomic E-state index is 8.65. The molecule has 0 spiro atoms. The highest BCUT2D eigenvalue weighted by Crippen LogP contribution is 2.29. The molecule has 0 N–H and O–H groups in total. The van der Waals surface area contributed by atoms with Crippen LogP contribution >= 0.6 is 23.4 Å². The molecule has 0 unspecified atom stereocenters. The zero-order valence-corrected chi connectivity index (χ0v) is 16.1. The highest BCUT2D eigenvalue weighted by molar-refractivity contribution is 7.99. The van der Waals surface area contributed by atoms with Crippen LogP contribution in [-0.4, -0.2) is 20.5 Å². The molecule has 0 fully saturated rings. The van der Waals surface area contributed by atoms with Crippen molar-refractivity contribution in [1.29, 1.82) is 5.26 Å². The van der Waals surface area contributed by atoms with Crippen LogP contribution < -0.4 is 0 Å². The Kier molecular flexibility index (Phi) is 6.32. The molecule has 6 heteroatoms. The van der Waals surface area contributed by atoms with Crippen LogP contribution in [0.3, 0.4) is 0 Å². The Labute approximate surface area is 162 Å². The second kappa shape index (κ2) is 8.88. The number of hydrogen-bond donors (Lipinski definition) is 0. The molecule has 4 nitrogen and oxygen atoms in total. The Morgan fingerprint density at radius 2 is 1.77 bits per heavy atom. The first kappa shape index (κ1) is 18.5. The van der Waals surface area contributed by atoms with E-state index in [9.17, 15) is 0 Å². The zero-order chi connectivity index (χ0) is 18.4. The van der Waals surface area contributed by atoms with E-state index in [1.807, 2.05) is 24.3 Å². The van der Waals surface area contributed by atoms with E-state index in [1.165, 1.54) is 5.56 Å². The van der Waals surface area contributed by atoms with Gasteiger partial charge in [-0.05, 0) is 44.0 Å². The zero-order valence-electron chi connectivity index (χ0n) is 14.5. The summed E-state index contributed by atoms with van der Waals surface area (Å²) in [6.07, 6.45) is 2.48. The molecule has 0 saturated heterocycles. The summed E-state index contributed by atoms with van der Waals surface area (Å²) in [5.41, 5.74) is 3.21. The van der Waals surface area contributed by atoms with Crippen molar-refractivity contribution in [3.05, 3.63) is 59.1 Å². The van der Waals surface area contributed by atoms with Crippen LogP contribution in [0.2, 0.25) is 5.02 Å². The number of benzene rings is 2. The van der Waals surface area contributed by atoms with Gasteiger partial charge >= 0.3 is 0 Å². The molecule has 26 heavy (non-hydrogen) atoms. The molecule has 3 aromatic rings. The molecule has 132 valence electrons. The molecule has 3 rings (SSSR count). The summed E-state index contributed by atoms with van der Waals surface area (Å²) >= 11 is 7.71. The SMILES string of the molecule is Cc1ccc(-c2nnc(SCCCCC#N)n2-c2ccc(Cl)cc2)cc1. The number of unbranched alkanes of at least 4 members (excludes halogenated alkanes) is 2. The molecular formula is C20H19ClN4S. The van der Waals surface area contributed by atoms with Gasteiger partial charge in [-0.15, -0.1) is 10.2 Å². The van der Waals surface area contributed by atoms with Crippen LogP contribution in [0, 0.1) is 18.3 Å². The number of hydrogen-bond acceptors (Lipinski definition) is 4. The molecule has 2 aromatic carbocycles. The molecule has 0 radical (unpaired) electrons. The van der Waals surface area contributed by atoms with Crippen LogP contribution in [0.15, 0.2) is 53.7 Å². The van der Waals surface area contributed by atoms with Crippen LogP contribution in [0.4, 0.5) is 0 Å². The largest absolute Gasteiger partial charge is 0.270 e. The van der Waals surface area contributed by atoms with Crippen molar-refractivity contribution in [2.45, 2.75) is 31.3 Å². The summed E-state index contributed by atoms with van der Waals surface area (Å²) in [5, 5.41) is 19.0. The van der Waals surface area contributed by atoms with E-state index in [0.29, 0.717) is 11.4 Å². The van der Waals surface area contributed by atoms with Gasteiger partial charge in [-0.2, -0.15) is 5.26 Å². The summed E-state index contributed by atoms with van der Waals surface area (Å²) in [4.78, 5) is 0. The summed E-state index contributed by atoms with van der Waals surface area (Å²) in [5.74, 6) is 1.72. The normalized spacial score (nSPS) is 10.7. The standard InChI is InChI=1S/C20H19ClN4S/c1-15-5-7-16(8-6-15)19-23-24-20(26-14-4-2-3-13-22)25(19)18-11-9-17(21)10-12-18/h5-12H,2-4,14H2,1H3. The molecule has 1 aromatic heterocycles. The van der Waals surface area contributed by atoms with E-state index in [2.05, 4.69) is 52.0 Å². The van der Waals surface area contributed by atoms with E-state index < -0.39 is 0 Å². The predicted molar refractivity (Wildman–Crippen MR) is 107 cm³/mol. The van der Waals surface area contributed by atoms with Crippen LogP contribution in [-0.2, 0) is 0 Å². The van der Waals surface area contributed by atoms with Crippen molar-refractivity contribution >= 4 is 23.4 Å². The van der Waals surface area contributed by atoms with Crippen molar-refractivity contribution in [3.63, 3.8) is 0 Å². The highest BCUT2D eigenvalue weighted by atomic mass is 35.5.